The Bertz CT molecular complexity index is 489. The van der Waals surface area contributed by atoms with Crippen LogP contribution in [0.2, 0.25) is 0 Å². The summed E-state index contributed by atoms with van der Waals surface area (Å²) in [6.07, 6.45) is 0.0796. The van der Waals surface area contributed by atoms with Gasteiger partial charge in [-0.15, -0.1) is 11.8 Å². The molecule has 19 heavy (non-hydrogen) atoms. The lowest BCUT2D eigenvalue weighted by Gasteiger charge is -2.14. The van der Waals surface area contributed by atoms with E-state index in [-0.39, 0.29) is 24.2 Å². The Morgan fingerprint density at radius 2 is 2.21 bits per heavy atom. The normalized spacial score (nSPS) is 18.7. The molecule has 4 nitrogen and oxygen atoms in total. The van der Waals surface area contributed by atoms with Gasteiger partial charge in [-0.3, -0.25) is 9.59 Å². The quantitative estimate of drug-likeness (QED) is 0.866. The maximum Gasteiger partial charge on any atom is 0.303 e. The molecule has 1 aliphatic heterocycles. The summed E-state index contributed by atoms with van der Waals surface area (Å²) < 4.78 is 0. The number of fused-ring (bicyclic) bond motifs is 1. The van der Waals surface area contributed by atoms with Crippen LogP contribution in [0.3, 0.4) is 0 Å². The molecular weight excluding hydrogens is 262 g/mol. The number of carboxylic acid groups (broad SMARTS) is 1. The number of aliphatic carboxylic acids is 1. The Labute approximate surface area is 116 Å². The smallest absolute Gasteiger partial charge is 0.303 e. The molecule has 0 saturated heterocycles. The van der Waals surface area contributed by atoms with Crippen molar-refractivity contribution in [3.8, 4) is 0 Å². The van der Waals surface area contributed by atoms with Crippen LogP contribution in [0.5, 0.6) is 0 Å². The average molecular weight is 279 g/mol. The molecule has 0 fully saturated rings. The van der Waals surface area contributed by atoms with Gasteiger partial charge in [0.2, 0.25) is 5.91 Å². The van der Waals surface area contributed by atoms with Gasteiger partial charge in [0, 0.05) is 23.6 Å². The van der Waals surface area contributed by atoms with Gasteiger partial charge in [0.1, 0.15) is 0 Å². The summed E-state index contributed by atoms with van der Waals surface area (Å²) in [6.45, 7) is 2.24. The third-order valence-electron chi connectivity index (χ3n) is 3.16. The summed E-state index contributed by atoms with van der Waals surface area (Å²) in [5, 5.41) is 11.5. The van der Waals surface area contributed by atoms with Crippen LogP contribution in [0, 0.1) is 5.92 Å². The number of amides is 1. The van der Waals surface area contributed by atoms with E-state index >= 15 is 0 Å². The van der Waals surface area contributed by atoms with Crippen LogP contribution >= 0.6 is 11.8 Å². The molecule has 2 rings (SSSR count). The summed E-state index contributed by atoms with van der Waals surface area (Å²) in [6, 6.07) is 7.93. The van der Waals surface area contributed by atoms with E-state index in [1.54, 1.807) is 11.8 Å². The minimum atomic E-state index is -0.830. The van der Waals surface area contributed by atoms with Crippen LogP contribution in [-0.2, 0) is 9.59 Å². The molecule has 2 N–H and O–H groups in total. The maximum absolute atomic E-state index is 12.1. The van der Waals surface area contributed by atoms with Crippen LogP contribution < -0.4 is 5.32 Å². The zero-order valence-electron chi connectivity index (χ0n) is 10.8. The predicted molar refractivity (Wildman–Crippen MR) is 74.3 cm³/mol. The molecule has 1 aromatic rings. The van der Waals surface area contributed by atoms with Gasteiger partial charge in [0.05, 0.1) is 5.92 Å². The molecule has 0 aromatic heterocycles. The van der Waals surface area contributed by atoms with Gasteiger partial charge >= 0.3 is 5.97 Å². The summed E-state index contributed by atoms with van der Waals surface area (Å²) in [5.41, 5.74) is 1.08. The second-order valence-electron chi connectivity index (χ2n) is 4.85. The number of hydrogen-bond donors (Lipinski definition) is 2. The van der Waals surface area contributed by atoms with E-state index in [9.17, 15) is 9.59 Å². The fourth-order valence-electron chi connectivity index (χ4n) is 2.15. The first kappa shape index (κ1) is 13.9. The Balaban J connectivity index is 1.90. The molecule has 2 atom stereocenters. The Kier molecular flexibility index (Phi) is 4.47. The highest BCUT2D eigenvalue weighted by molar-refractivity contribution is 7.99. The van der Waals surface area contributed by atoms with Crippen molar-refractivity contribution in [1.29, 1.82) is 0 Å². The number of thioether (sulfide) groups is 1. The van der Waals surface area contributed by atoms with Crippen LogP contribution in [0.25, 0.3) is 0 Å². The van der Waals surface area contributed by atoms with Crippen LogP contribution in [0.1, 0.15) is 24.8 Å². The Hall–Kier alpha value is -1.49. The van der Waals surface area contributed by atoms with Crippen LogP contribution in [0.15, 0.2) is 29.2 Å². The fourth-order valence-corrected chi connectivity index (χ4v) is 3.38. The first-order valence-corrected chi connectivity index (χ1v) is 7.27. The number of hydrogen-bond acceptors (Lipinski definition) is 3. The standard InChI is InChI=1S/C14H17NO3S/c1-9(6-13(16)17)7-15-14(18)11-8-19-12-5-3-2-4-10(11)12/h2-5,9,11H,6-8H2,1H3,(H,15,18)(H,16,17)/t9-,11-/m0/s1. The number of carbonyl (C=O) groups is 2. The molecular formula is C14H17NO3S. The van der Waals surface area contributed by atoms with Crippen molar-refractivity contribution in [3.63, 3.8) is 0 Å². The monoisotopic (exact) mass is 279 g/mol. The molecule has 1 heterocycles. The average Bonchev–Trinajstić information content (AvgIpc) is 2.79. The SMILES string of the molecule is C[C@H](CNC(=O)[C@H]1CSc2ccccc21)CC(=O)O. The van der Waals surface area contributed by atoms with Gasteiger partial charge in [-0.05, 0) is 17.5 Å². The number of rotatable bonds is 5. The third kappa shape index (κ3) is 3.50. The zero-order valence-corrected chi connectivity index (χ0v) is 11.6. The highest BCUT2D eigenvalue weighted by Crippen LogP contribution is 2.39. The van der Waals surface area contributed by atoms with Crippen molar-refractivity contribution in [2.24, 2.45) is 5.92 Å². The first-order chi connectivity index (χ1) is 9.08. The first-order valence-electron chi connectivity index (χ1n) is 6.29. The maximum atomic E-state index is 12.1. The molecule has 0 aliphatic carbocycles. The number of nitrogens with one attached hydrogen (secondary N) is 1. The van der Waals surface area contributed by atoms with Gasteiger partial charge in [-0.2, -0.15) is 0 Å². The van der Waals surface area contributed by atoms with Gasteiger partial charge in [0.25, 0.3) is 0 Å². The van der Waals surface area contributed by atoms with Gasteiger partial charge in [-0.25, -0.2) is 0 Å². The minimum Gasteiger partial charge on any atom is -0.481 e. The second-order valence-corrected chi connectivity index (χ2v) is 5.91. The lowest BCUT2D eigenvalue weighted by atomic mass is 10.00. The molecule has 0 radical (unpaired) electrons. The molecule has 102 valence electrons. The summed E-state index contributed by atoms with van der Waals surface area (Å²) in [4.78, 5) is 23.9. The topological polar surface area (TPSA) is 66.4 Å². The molecule has 0 bridgehead atoms. The zero-order chi connectivity index (χ0) is 13.8. The van der Waals surface area contributed by atoms with Crippen molar-refractivity contribution in [2.75, 3.05) is 12.3 Å². The lowest BCUT2D eigenvalue weighted by Crippen LogP contribution is -2.33. The van der Waals surface area contributed by atoms with Gasteiger partial charge < -0.3 is 10.4 Å². The van der Waals surface area contributed by atoms with E-state index < -0.39 is 5.97 Å². The van der Waals surface area contributed by atoms with E-state index in [0.29, 0.717) is 6.54 Å². The van der Waals surface area contributed by atoms with E-state index in [1.165, 1.54) is 4.90 Å². The Morgan fingerprint density at radius 3 is 2.95 bits per heavy atom. The highest BCUT2D eigenvalue weighted by atomic mass is 32.2. The lowest BCUT2D eigenvalue weighted by molar-refractivity contribution is -0.138. The molecule has 1 aliphatic rings. The number of carboxylic acids is 1. The molecule has 0 saturated carbocycles. The van der Waals surface area contributed by atoms with Crippen molar-refractivity contribution in [3.05, 3.63) is 29.8 Å². The van der Waals surface area contributed by atoms with E-state index in [1.807, 2.05) is 31.2 Å². The predicted octanol–water partition coefficient (Wildman–Crippen LogP) is 2.10. The number of benzene rings is 1. The van der Waals surface area contributed by atoms with Crippen molar-refractivity contribution in [1.82, 2.24) is 5.32 Å². The van der Waals surface area contributed by atoms with Crippen molar-refractivity contribution >= 4 is 23.6 Å². The fraction of sp³-hybridized carbons (Fsp3) is 0.429. The summed E-state index contributed by atoms with van der Waals surface area (Å²) in [7, 11) is 0. The number of carbonyl (C=O) groups excluding carboxylic acids is 1. The molecule has 0 spiro atoms. The van der Waals surface area contributed by atoms with Crippen LogP contribution in [0.4, 0.5) is 0 Å². The van der Waals surface area contributed by atoms with Crippen molar-refractivity contribution < 1.29 is 14.7 Å². The van der Waals surface area contributed by atoms with E-state index in [2.05, 4.69) is 5.32 Å². The second kappa shape index (κ2) is 6.10. The molecule has 0 unspecified atom stereocenters. The molecule has 1 amide bonds. The highest BCUT2D eigenvalue weighted by Gasteiger charge is 2.28. The third-order valence-corrected chi connectivity index (χ3v) is 4.35. The Morgan fingerprint density at radius 1 is 1.47 bits per heavy atom. The molecule has 5 heteroatoms. The molecule has 1 aromatic carbocycles. The van der Waals surface area contributed by atoms with E-state index in [0.717, 1.165) is 11.3 Å². The van der Waals surface area contributed by atoms with E-state index in [4.69, 9.17) is 5.11 Å². The summed E-state index contributed by atoms with van der Waals surface area (Å²) in [5.74, 6) is -0.236. The largest absolute Gasteiger partial charge is 0.481 e. The van der Waals surface area contributed by atoms with Gasteiger partial charge in [-0.1, -0.05) is 25.1 Å². The van der Waals surface area contributed by atoms with Gasteiger partial charge in [0.15, 0.2) is 0 Å². The van der Waals surface area contributed by atoms with Crippen molar-refractivity contribution in [2.45, 2.75) is 24.2 Å². The van der Waals surface area contributed by atoms with Crippen LogP contribution in [-0.4, -0.2) is 29.3 Å². The summed E-state index contributed by atoms with van der Waals surface area (Å²) >= 11 is 1.69. The minimum absolute atomic E-state index is 0.00492.